The molecular formula is C24H41N. The zero-order valence-corrected chi connectivity index (χ0v) is 16.9. The van der Waals surface area contributed by atoms with Crippen LogP contribution in [0.4, 0.5) is 0 Å². The normalized spacial score (nSPS) is 21.0. The third-order valence-electron chi connectivity index (χ3n) is 6.00. The quantitative estimate of drug-likeness (QED) is 0.338. The Morgan fingerprint density at radius 1 is 0.800 bits per heavy atom. The van der Waals surface area contributed by atoms with Crippen LogP contribution in [0.3, 0.4) is 0 Å². The summed E-state index contributed by atoms with van der Waals surface area (Å²) in [6, 6.07) is 12.0. The summed E-state index contributed by atoms with van der Waals surface area (Å²) in [5, 5.41) is 0. The van der Waals surface area contributed by atoms with Crippen molar-refractivity contribution in [3.05, 3.63) is 35.9 Å². The van der Waals surface area contributed by atoms with Gasteiger partial charge in [0.1, 0.15) is 0 Å². The Hall–Kier alpha value is -0.820. The smallest absolute Gasteiger partial charge is 0.0376 e. The largest absolute Gasteiger partial charge is 0.296 e. The maximum Gasteiger partial charge on any atom is 0.0376 e. The third kappa shape index (κ3) is 7.13. The fourth-order valence-corrected chi connectivity index (χ4v) is 4.54. The van der Waals surface area contributed by atoms with Crippen molar-refractivity contribution >= 4 is 0 Å². The lowest BCUT2D eigenvalue weighted by Gasteiger charge is -2.29. The minimum Gasteiger partial charge on any atom is -0.296 e. The van der Waals surface area contributed by atoms with Crippen molar-refractivity contribution in [1.82, 2.24) is 4.90 Å². The summed E-state index contributed by atoms with van der Waals surface area (Å²) in [4.78, 5) is 2.80. The van der Waals surface area contributed by atoms with Crippen molar-refractivity contribution in [3.63, 3.8) is 0 Å². The van der Waals surface area contributed by atoms with Crippen LogP contribution in [0.5, 0.6) is 0 Å². The van der Waals surface area contributed by atoms with Gasteiger partial charge in [0.25, 0.3) is 0 Å². The van der Waals surface area contributed by atoms with E-state index < -0.39 is 0 Å². The molecule has 1 aliphatic rings. The van der Waals surface area contributed by atoms with Crippen LogP contribution in [0.2, 0.25) is 0 Å². The third-order valence-corrected chi connectivity index (χ3v) is 6.00. The van der Waals surface area contributed by atoms with Crippen LogP contribution >= 0.6 is 0 Å². The molecule has 2 unspecified atom stereocenters. The van der Waals surface area contributed by atoms with Crippen LogP contribution < -0.4 is 0 Å². The topological polar surface area (TPSA) is 3.24 Å². The first-order chi connectivity index (χ1) is 12.4. The van der Waals surface area contributed by atoms with Gasteiger partial charge in [0.2, 0.25) is 0 Å². The van der Waals surface area contributed by atoms with Gasteiger partial charge < -0.3 is 0 Å². The van der Waals surface area contributed by atoms with E-state index >= 15 is 0 Å². The average Bonchev–Trinajstić information content (AvgIpc) is 3.05. The van der Waals surface area contributed by atoms with E-state index in [2.05, 4.69) is 49.1 Å². The van der Waals surface area contributed by atoms with Crippen LogP contribution in [-0.2, 0) is 0 Å². The summed E-state index contributed by atoms with van der Waals surface area (Å²) in [6.07, 6.45) is 16.9. The van der Waals surface area contributed by atoms with Crippen molar-refractivity contribution < 1.29 is 0 Å². The first-order valence-corrected chi connectivity index (χ1v) is 11.2. The van der Waals surface area contributed by atoms with Gasteiger partial charge in [0, 0.05) is 6.04 Å². The van der Waals surface area contributed by atoms with Crippen molar-refractivity contribution in [2.45, 2.75) is 96.9 Å². The molecule has 0 aromatic heterocycles. The summed E-state index contributed by atoms with van der Waals surface area (Å²) >= 11 is 0. The highest BCUT2D eigenvalue weighted by atomic mass is 15.2. The predicted octanol–water partition coefficient (Wildman–Crippen LogP) is 7.38. The fraction of sp³-hybridized carbons (Fsp3) is 0.750. The summed E-state index contributed by atoms with van der Waals surface area (Å²) in [5.41, 5.74) is 1.56. The molecule has 0 N–H and O–H groups in total. The van der Waals surface area contributed by atoms with E-state index in [1.54, 1.807) is 5.56 Å². The summed E-state index contributed by atoms with van der Waals surface area (Å²) < 4.78 is 0. The van der Waals surface area contributed by atoms with Crippen molar-refractivity contribution in [3.8, 4) is 0 Å². The van der Waals surface area contributed by atoms with Gasteiger partial charge in [-0.25, -0.2) is 0 Å². The molecule has 1 heterocycles. The Labute approximate surface area is 157 Å². The number of rotatable bonds is 13. The molecule has 0 aliphatic carbocycles. The lowest BCUT2D eigenvalue weighted by Crippen LogP contribution is -2.26. The first kappa shape index (κ1) is 20.5. The first-order valence-electron chi connectivity index (χ1n) is 11.2. The summed E-state index contributed by atoms with van der Waals surface area (Å²) in [5.74, 6) is 0.875. The molecule has 142 valence electrons. The molecule has 0 spiro atoms. The van der Waals surface area contributed by atoms with Crippen LogP contribution in [0.15, 0.2) is 30.3 Å². The Morgan fingerprint density at radius 3 is 2.16 bits per heavy atom. The highest BCUT2D eigenvalue weighted by molar-refractivity contribution is 5.21. The van der Waals surface area contributed by atoms with Crippen LogP contribution in [0, 0.1) is 5.92 Å². The molecule has 0 bridgehead atoms. The summed E-state index contributed by atoms with van der Waals surface area (Å²) in [7, 11) is 0. The van der Waals surface area contributed by atoms with Gasteiger partial charge in [0.15, 0.2) is 0 Å². The van der Waals surface area contributed by atoms with Crippen LogP contribution in [0.25, 0.3) is 0 Å². The molecule has 0 amide bonds. The minimum absolute atomic E-state index is 0.679. The number of nitrogens with zero attached hydrogens (tertiary/aromatic N) is 1. The van der Waals surface area contributed by atoms with Crippen molar-refractivity contribution in [1.29, 1.82) is 0 Å². The SMILES string of the molecule is CCCCCCCCC1CCN(CCCCCC)C1c1ccccc1. The molecule has 25 heavy (non-hydrogen) atoms. The highest BCUT2D eigenvalue weighted by Gasteiger charge is 2.34. The van der Waals surface area contributed by atoms with E-state index in [4.69, 9.17) is 0 Å². The second-order valence-electron chi connectivity index (χ2n) is 8.06. The maximum absolute atomic E-state index is 2.80. The van der Waals surface area contributed by atoms with Gasteiger partial charge in [-0.2, -0.15) is 0 Å². The number of hydrogen-bond donors (Lipinski definition) is 0. The molecule has 1 nitrogen and oxygen atoms in total. The van der Waals surface area contributed by atoms with E-state index in [0.717, 1.165) is 5.92 Å². The molecule has 2 rings (SSSR count). The number of likely N-dealkylation sites (tertiary alicyclic amines) is 1. The molecule has 0 saturated carbocycles. The molecule has 1 fully saturated rings. The number of benzene rings is 1. The van der Waals surface area contributed by atoms with Gasteiger partial charge in [-0.05, 0) is 43.8 Å². The van der Waals surface area contributed by atoms with Gasteiger partial charge >= 0.3 is 0 Å². The van der Waals surface area contributed by atoms with E-state index in [-0.39, 0.29) is 0 Å². The van der Waals surface area contributed by atoms with Gasteiger partial charge in [-0.15, -0.1) is 0 Å². The van der Waals surface area contributed by atoms with Gasteiger partial charge in [0.05, 0.1) is 0 Å². The molecule has 1 aromatic rings. The molecular weight excluding hydrogens is 302 g/mol. The second-order valence-corrected chi connectivity index (χ2v) is 8.06. The molecule has 1 saturated heterocycles. The molecule has 2 atom stereocenters. The second kappa shape index (κ2) is 12.5. The predicted molar refractivity (Wildman–Crippen MR) is 111 cm³/mol. The monoisotopic (exact) mass is 343 g/mol. The number of unbranched alkanes of at least 4 members (excludes halogenated alkanes) is 8. The van der Waals surface area contributed by atoms with E-state index in [9.17, 15) is 0 Å². The molecule has 1 aliphatic heterocycles. The van der Waals surface area contributed by atoms with Gasteiger partial charge in [-0.3, -0.25) is 4.90 Å². The fourth-order valence-electron chi connectivity index (χ4n) is 4.54. The Balaban J connectivity index is 1.85. The van der Waals surface area contributed by atoms with Gasteiger partial charge in [-0.1, -0.05) is 102 Å². The Kier molecular flexibility index (Phi) is 10.3. The Morgan fingerprint density at radius 2 is 1.44 bits per heavy atom. The van der Waals surface area contributed by atoms with Crippen LogP contribution in [-0.4, -0.2) is 18.0 Å². The lowest BCUT2D eigenvalue weighted by molar-refractivity contribution is 0.217. The molecule has 1 aromatic carbocycles. The number of hydrogen-bond acceptors (Lipinski definition) is 1. The maximum atomic E-state index is 2.80. The van der Waals surface area contributed by atoms with Crippen molar-refractivity contribution in [2.24, 2.45) is 5.92 Å². The molecule has 0 radical (unpaired) electrons. The lowest BCUT2D eigenvalue weighted by atomic mass is 9.89. The van der Waals surface area contributed by atoms with Crippen LogP contribution in [0.1, 0.15) is 103 Å². The zero-order chi connectivity index (χ0) is 17.7. The highest BCUT2D eigenvalue weighted by Crippen LogP contribution is 2.40. The van der Waals surface area contributed by atoms with Crippen molar-refractivity contribution in [2.75, 3.05) is 13.1 Å². The Bertz CT molecular complexity index is 427. The van der Waals surface area contributed by atoms with E-state index in [0.29, 0.717) is 6.04 Å². The minimum atomic E-state index is 0.679. The molecule has 1 heteroatoms. The van der Waals surface area contributed by atoms with E-state index in [1.165, 1.54) is 90.1 Å². The van der Waals surface area contributed by atoms with E-state index in [1.807, 2.05) is 0 Å². The standard InChI is InChI=1S/C24H41N/c1-3-5-7-9-10-12-18-23-19-21-25(20-15-8-6-4-2)24(23)22-16-13-11-14-17-22/h11,13-14,16-17,23-24H,3-10,12,15,18-21H2,1-2H3. The summed E-state index contributed by atoms with van der Waals surface area (Å²) in [6.45, 7) is 7.22. The zero-order valence-electron chi connectivity index (χ0n) is 16.9. The average molecular weight is 344 g/mol.